The lowest BCUT2D eigenvalue weighted by Gasteiger charge is -2.33. The van der Waals surface area contributed by atoms with E-state index >= 15 is 0 Å². The average molecular weight is 247 g/mol. The lowest BCUT2D eigenvalue weighted by atomic mass is 9.95. The summed E-state index contributed by atoms with van der Waals surface area (Å²) < 4.78 is 0. The van der Waals surface area contributed by atoms with Gasteiger partial charge in [-0.2, -0.15) is 0 Å². The first kappa shape index (κ1) is 13.5. The minimum Gasteiger partial charge on any atom is -0.323 e. The average Bonchev–Trinajstić information content (AvgIpc) is 2.51. The van der Waals surface area contributed by atoms with E-state index in [-0.39, 0.29) is 6.04 Å². The van der Waals surface area contributed by atoms with Crippen molar-refractivity contribution >= 4 is 0 Å². The van der Waals surface area contributed by atoms with Gasteiger partial charge >= 0.3 is 0 Å². The summed E-state index contributed by atoms with van der Waals surface area (Å²) in [6, 6.07) is 8.97. The standard InChI is InChI=1S/C15H25N3/c1-12-7-4-5-8-13(12)15(16)14-11-17(2)9-6-10-18(14)3/h4-5,7-8,14-15H,6,9-11,16H2,1-3H3. The second-order valence-electron chi connectivity index (χ2n) is 5.55. The summed E-state index contributed by atoms with van der Waals surface area (Å²) in [5.41, 5.74) is 9.10. The quantitative estimate of drug-likeness (QED) is 0.862. The Morgan fingerprint density at radius 3 is 2.67 bits per heavy atom. The molecule has 1 fully saturated rings. The Hall–Kier alpha value is -0.900. The number of hydrogen-bond donors (Lipinski definition) is 1. The second-order valence-corrected chi connectivity index (χ2v) is 5.55. The zero-order valence-corrected chi connectivity index (χ0v) is 11.8. The fraction of sp³-hybridized carbons (Fsp3) is 0.600. The van der Waals surface area contributed by atoms with Crippen molar-refractivity contribution in [3.8, 4) is 0 Å². The van der Waals surface area contributed by atoms with Crippen LogP contribution in [0.25, 0.3) is 0 Å². The minimum atomic E-state index is 0.0942. The predicted octanol–water partition coefficient (Wildman–Crippen LogP) is 1.63. The van der Waals surface area contributed by atoms with Gasteiger partial charge in [0.2, 0.25) is 0 Å². The van der Waals surface area contributed by atoms with Crippen molar-refractivity contribution in [2.24, 2.45) is 5.73 Å². The molecule has 0 radical (unpaired) electrons. The van der Waals surface area contributed by atoms with E-state index in [0.717, 1.165) is 13.1 Å². The van der Waals surface area contributed by atoms with E-state index in [1.165, 1.54) is 24.1 Å². The molecule has 3 nitrogen and oxygen atoms in total. The van der Waals surface area contributed by atoms with Crippen LogP contribution in [0.2, 0.25) is 0 Å². The van der Waals surface area contributed by atoms with Gasteiger partial charge in [0.05, 0.1) is 0 Å². The zero-order valence-electron chi connectivity index (χ0n) is 11.8. The van der Waals surface area contributed by atoms with Crippen molar-refractivity contribution in [3.05, 3.63) is 35.4 Å². The molecule has 2 rings (SSSR count). The first-order chi connectivity index (χ1) is 8.59. The Balaban J connectivity index is 2.20. The Kier molecular flexibility index (Phi) is 4.38. The number of aryl methyl sites for hydroxylation is 1. The van der Waals surface area contributed by atoms with E-state index in [1.807, 2.05) is 0 Å². The molecule has 0 spiro atoms. The Bertz CT molecular complexity index is 391. The number of nitrogens with zero attached hydrogens (tertiary/aromatic N) is 2. The van der Waals surface area contributed by atoms with Gasteiger partial charge in [-0.15, -0.1) is 0 Å². The lowest BCUT2D eigenvalue weighted by molar-refractivity contribution is 0.196. The van der Waals surface area contributed by atoms with Gasteiger partial charge in [-0.3, -0.25) is 0 Å². The van der Waals surface area contributed by atoms with Crippen LogP contribution < -0.4 is 5.73 Å². The van der Waals surface area contributed by atoms with Crippen molar-refractivity contribution < 1.29 is 0 Å². The molecule has 2 unspecified atom stereocenters. The van der Waals surface area contributed by atoms with Crippen molar-refractivity contribution in [2.75, 3.05) is 33.7 Å². The topological polar surface area (TPSA) is 32.5 Å². The largest absolute Gasteiger partial charge is 0.323 e. The van der Waals surface area contributed by atoms with Crippen molar-refractivity contribution in [2.45, 2.75) is 25.4 Å². The van der Waals surface area contributed by atoms with Crippen LogP contribution in [0.3, 0.4) is 0 Å². The van der Waals surface area contributed by atoms with Gasteiger partial charge in [0.1, 0.15) is 0 Å². The molecule has 1 aromatic carbocycles. The SMILES string of the molecule is Cc1ccccc1C(N)C1CN(C)CCCN1C. The molecule has 0 bridgehead atoms. The maximum Gasteiger partial charge on any atom is 0.0468 e. The fourth-order valence-electron chi connectivity index (χ4n) is 2.86. The number of hydrogen-bond acceptors (Lipinski definition) is 3. The maximum absolute atomic E-state index is 6.52. The maximum atomic E-state index is 6.52. The minimum absolute atomic E-state index is 0.0942. The van der Waals surface area contributed by atoms with Crippen molar-refractivity contribution in [1.82, 2.24) is 9.80 Å². The van der Waals surface area contributed by atoms with Crippen LogP contribution in [0.15, 0.2) is 24.3 Å². The molecule has 0 aliphatic carbocycles. The summed E-state index contributed by atoms with van der Waals surface area (Å²) in [6.45, 7) is 5.50. The highest BCUT2D eigenvalue weighted by atomic mass is 15.2. The summed E-state index contributed by atoms with van der Waals surface area (Å²) >= 11 is 0. The van der Waals surface area contributed by atoms with E-state index in [2.05, 4.69) is 55.1 Å². The molecule has 1 aliphatic heterocycles. The Morgan fingerprint density at radius 2 is 1.94 bits per heavy atom. The van der Waals surface area contributed by atoms with Crippen LogP contribution in [0.4, 0.5) is 0 Å². The number of benzene rings is 1. The highest BCUT2D eigenvalue weighted by molar-refractivity contribution is 5.29. The molecule has 2 N–H and O–H groups in total. The summed E-state index contributed by atoms with van der Waals surface area (Å²) in [6.07, 6.45) is 1.23. The van der Waals surface area contributed by atoms with Crippen LogP contribution in [-0.2, 0) is 0 Å². The van der Waals surface area contributed by atoms with Crippen molar-refractivity contribution in [3.63, 3.8) is 0 Å². The summed E-state index contributed by atoms with van der Waals surface area (Å²) in [7, 11) is 4.39. The lowest BCUT2D eigenvalue weighted by Crippen LogP contribution is -2.45. The number of rotatable bonds is 2. The van der Waals surface area contributed by atoms with Crippen molar-refractivity contribution in [1.29, 1.82) is 0 Å². The molecule has 0 aromatic heterocycles. The highest BCUT2D eigenvalue weighted by Gasteiger charge is 2.27. The van der Waals surface area contributed by atoms with Gasteiger partial charge < -0.3 is 15.5 Å². The third-order valence-electron chi connectivity index (χ3n) is 4.08. The fourth-order valence-corrected chi connectivity index (χ4v) is 2.86. The van der Waals surface area contributed by atoms with Crippen LogP contribution in [0, 0.1) is 6.92 Å². The third kappa shape index (κ3) is 2.91. The second kappa shape index (κ2) is 5.83. The normalized spacial score (nSPS) is 24.8. The van der Waals surface area contributed by atoms with Gasteiger partial charge in [0.15, 0.2) is 0 Å². The molecule has 3 heteroatoms. The molecule has 1 aromatic rings. The molecule has 1 aliphatic rings. The van der Waals surface area contributed by atoms with Gasteiger partial charge in [-0.25, -0.2) is 0 Å². The number of likely N-dealkylation sites (N-methyl/N-ethyl adjacent to an activating group) is 2. The zero-order chi connectivity index (χ0) is 13.1. The van der Waals surface area contributed by atoms with E-state index in [0.29, 0.717) is 6.04 Å². The number of nitrogens with two attached hydrogens (primary N) is 1. The third-order valence-corrected chi connectivity index (χ3v) is 4.08. The van der Waals surface area contributed by atoms with Crippen LogP contribution >= 0.6 is 0 Å². The molecule has 0 saturated carbocycles. The van der Waals surface area contributed by atoms with Crippen LogP contribution in [-0.4, -0.2) is 49.6 Å². The van der Waals surface area contributed by atoms with Crippen LogP contribution in [0.1, 0.15) is 23.6 Å². The van der Waals surface area contributed by atoms with Gasteiger partial charge in [-0.05, 0) is 51.7 Å². The Morgan fingerprint density at radius 1 is 1.22 bits per heavy atom. The first-order valence-electron chi connectivity index (χ1n) is 6.79. The van der Waals surface area contributed by atoms with E-state index in [4.69, 9.17) is 5.73 Å². The smallest absolute Gasteiger partial charge is 0.0468 e. The van der Waals surface area contributed by atoms with E-state index in [1.54, 1.807) is 0 Å². The molecule has 1 saturated heterocycles. The van der Waals surface area contributed by atoms with Crippen LogP contribution in [0.5, 0.6) is 0 Å². The van der Waals surface area contributed by atoms with Gasteiger partial charge in [0, 0.05) is 18.6 Å². The molecular formula is C15H25N3. The summed E-state index contributed by atoms with van der Waals surface area (Å²) in [4.78, 5) is 4.81. The highest BCUT2D eigenvalue weighted by Crippen LogP contribution is 2.23. The summed E-state index contributed by atoms with van der Waals surface area (Å²) in [5.74, 6) is 0. The predicted molar refractivity (Wildman–Crippen MR) is 76.6 cm³/mol. The first-order valence-corrected chi connectivity index (χ1v) is 6.79. The molecule has 0 amide bonds. The Labute approximate surface area is 111 Å². The molecule has 2 atom stereocenters. The summed E-state index contributed by atoms with van der Waals surface area (Å²) in [5, 5.41) is 0. The molecule has 100 valence electrons. The van der Waals surface area contributed by atoms with E-state index < -0.39 is 0 Å². The molecular weight excluding hydrogens is 222 g/mol. The molecule has 1 heterocycles. The van der Waals surface area contributed by atoms with Gasteiger partial charge in [-0.1, -0.05) is 24.3 Å². The van der Waals surface area contributed by atoms with Gasteiger partial charge in [0.25, 0.3) is 0 Å². The van der Waals surface area contributed by atoms with E-state index in [9.17, 15) is 0 Å². The molecule has 18 heavy (non-hydrogen) atoms. The monoisotopic (exact) mass is 247 g/mol.